The first-order valence-electron chi connectivity index (χ1n) is 8.12. The van der Waals surface area contributed by atoms with E-state index >= 15 is 0 Å². The molecular formula is C20H16N4OS. The number of hydrazone groups is 1. The first kappa shape index (κ1) is 16.2. The number of thiophene rings is 1. The molecule has 6 heteroatoms. The molecule has 0 fully saturated rings. The lowest BCUT2D eigenvalue weighted by atomic mass is 10.1. The molecule has 0 spiro atoms. The van der Waals surface area contributed by atoms with Crippen LogP contribution in [-0.4, -0.2) is 22.3 Å². The highest BCUT2D eigenvalue weighted by Crippen LogP contribution is 2.25. The first-order chi connectivity index (χ1) is 12.7. The van der Waals surface area contributed by atoms with E-state index in [1.165, 1.54) is 5.56 Å². The molecule has 2 heterocycles. The van der Waals surface area contributed by atoms with E-state index < -0.39 is 0 Å². The average molecular weight is 360 g/mol. The van der Waals surface area contributed by atoms with Crippen LogP contribution in [0.1, 0.15) is 21.5 Å². The van der Waals surface area contributed by atoms with Gasteiger partial charge in [-0.2, -0.15) is 10.2 Å². The number of benzene rings is 2. The molecule has 4 aromatic rings. The Morgan fingerprint density at radius 3 is 2.85 bits per heavy atom. The molecule has 0 aliphatic heterocycles. The highest BCUT2D eigenvalue weighted by molar-refractivity contribution is 7.17. The molecule has 4 rings (SSSR count). The maximum Gasteiger partial charge on any atom is 0.272 e. The van der Waals surface area contributed by atoms with Gasteiger partial charge in [0.05, 0.1) is 23.7 Å². The smallest absolute Gasteiger partial charge is 0.272 e. The number of rotatable bonds is 4. The van der Waals surface area contributed by atoms with Crippen molar-refractivity contribution in [2.45, 2.75) is 6.92 Å². The number of hydrogen-bond acceptors (Lipinski definition) is 4. The fourth-order valence-corrected chi connectivity index (χ4v) is 3.66. The van der Waals surface area contributed by atoms with Crippen molar-refractivity contribution < 1.29 is 4.79 Å². The number of H-pyrrole nitrogens is 1. The van der Waals surface area contributed by atoms with Crippen LogP contribution in [0.3, 0.4) is 0 Å². The Kier molecular flexibility index (Phi) is 4.33. The van der Waals surface area contributed by atoms with Gasteiger partial charge in [0.15, 0.2) is 0 Å². The van der Waals surface area contributed by atoms with Crippen LogP contribution in [0.4, 0.5) is 0 Å². The molecule has 26 heavy (non-hydrogen) atoms. The Morgan fingerprint density at radius 1 is 1.19 bits per heavy atom. The fraction of sp³-hybridized carbons (Fsp3) is 0.0500. The molecule has 0 aliphatic carbocycles. The van der Waals surface area contributed by atoms with Gasteiger partial charge in [-0.15, -0.1) is 11.3 Å². The van der Waals surface area contributed by atoms with Crippen LogP contribution < -0.4 is 5.43 Å². The van der Waals surface area contributed by atoms with Gasteiger partial charge in [0.25, 0.3) is 5.91 Å². The molecule has 0 atom stereocenters. The molecule has 128 valence electrons. The minimum atomic E-state index is -0.223. The largest absolute Gasteiger partial charge is 0.277 e. The van der Waals surface area contributed by atoms with Crippen molar-refractivity contribution >= 4 is 33.5 Å². The van der Waals surface area contributed by atoms with Crippen LogP contribution in [0.25, 0.3) is 21.3 Å². The molecule has 2 N–H and O–H groups in total. The van der Waals surface area contributed by atoms with Crippen LogP contribution in [0.15, 0.2) is 65.2 Å². The maximum atomic E-state index is 12.4. The van der Waals surface area contributed by atoms with Gasteiger partial charge in [-0.1, -0.05) is 48.0 Å². The minimum absolute atomic E-state index is 0.223. The van der Waals surface area contributed by atoms with Crippen LogP contribution in [0.2, 0.25) is 0 Å². The van der Waals surface area contributed by atoms with E-state index in [2.05, 4.69) is 20.7 Å². The van der Waals surface area contributed by atoms with E-state index in [1.807, 2.05) is 60.8 Å². The van der Waals surface area contributed by atoms with Gasteiger partial charge in [0.2, 0.25) is 0 Å². The second-order valence-electron chi connectivity index (χ2n) is 5.91. The van der Waals surface area contributed by atoms with Gasteiger partial charge < -0.3 is 0 Å². The molecule has 0 bridgehead atoms. The SMILES string of the molecule is Cc1ccc(-c2[nH]ncc2C=NNC(=O)c2csc3ccccc23)cc1. The van der Waals surface area contributed by atoms with E-state index in [1.54, 1.807) is 23.7 Å². The van der Waals surface area contributed by atoms with Crippen LogP contribution >= 0.6 is 11.3 Å². The molecule has 0 radical (unpaired) electrons. The molecule has 0 saturated carbocycles. The average Bonchev–Trinajstić information content (AvgIpc) is 3.29. The van der Waals surface area contributed by atoms with Gasteiger partial charge in [-0.25, -0.2) is 5.43 Å². The zero-order valence-corrected chi connectivity index (χ0v) is 14.9. The number of nitrogens with zero attached hydrogens (tertiary/aromatic N) is 2. The predicted molar refractivity (Wildman–Crippen MR) is 106 cm³/mol. The molecule has 0 unspecified atom stereocenters. The van der Waals surface area contributed by atoms with Gasteiger partial charge in [-0.3, -0.25) is 9.89 Å². The summed E-state index contributed by atoms with van der Waals surface area (Å²) in [6, 6.07) is 16.0. The van der Waals surface area contributed by atoms with E-state index in [0.717, 1.165) is 26.9 Å². The van der Waals surface area contributed by atoms with E-state index in [4.69, 9.17) is 0 Å². The monoisotopic (exact) mass is 360 g/mol. The summed E-state index contributed by atoms with van der Waals surface area (Å²) >= 11 is 1.55. The molecule has 1 amide bonds. The summed E-state index contributed by atoms with van der Waals surface area (Å²) in [4.78, 5) is 12.4. The highest BCUT2D eigenvalue weighted by Gasteiger charge is 2.11. The Bertz CT molecular complexity index is 1090. The van der Waals surface area contributed by atoms with Gasteiger partial charge in [0.1, 0.15) is 0 Å². The lowest BCUT2D eigenvalue weighted by Crippen LogP contribution is -2.17. The molecule has 2 aromatic carbocycles. The highest BCUT2D eigenvalue weighted by atomic mass is 32.1. The van der Waals surface area contributed by atoms with E-state index in [9.17, 15) is 4.79 Å². The topological polar surface area (TPSA) is 70.1 Å². The summed E-state index contributed by atoms with van der Waals surface area (Å²) in [6.07, 6.45) is 3.29. The number of carbonyl (C=O) groups excluding carboxylic acids is 1. The number of hydrogen-bond donors (Lipinski definition) is 2. The summed E-state index contributed by atoms with van der Waals surface area (Å²) in [5.41, 5.74) is 7.12. The minimum Gasteiger partial charge on any atom is -0.277 e. The molecule has 0 saturated heterocycles. The van der Waals surface area contributed by atoms with Crippen LogP contribution in [-0.2, 0) is 0 Å². The van der Waals surface area contributed by atoms with Crippen molar-refractivity contribution in [1.82, 2.24) is 15.6 Å². The van der Waals surface area contributed by atoms with Gasteiger partial charge in [0, 0.05) is 26.6 Å². The van der Waals surface area contributed by atoms with Crippen molar-refractivity contribution in [2.24, 2.45) is 5.10 Å². The molecule has 0 aliphatic rings. The van der Waals surface area contributed by atoms with Crippen molar-refractivity contribution in [3.05, 3.63) is 76.8 Å². The summed E-state index contributed by atoms with van der Waals surface area (Å²) in [5, 5.41) is 14.0. The zero-order valence-electron chi connectivity index (χ0n) is 14.1. The number of aromatic nitrogens is 2. The standard InChI is InChI=1S/C20H16N4OS/c1-13-6-8-14(9-7-13)19-15(10-21-23-19)11-22-24-20(25)17-12-26-18-5-3-2-4-16(17)18/h2-12H,1H3,(H,21,23)(H,24,25). The van der Waals surface area contributed by atoms with Crippen LogP contribution in [0.5, 0.6) is 0 Å². The first-order valence-corrected chi connectivity index (χ1v) is 9.00. The lowest BCUT2D eigenvalue weighted by molar-refractivity contribution is 0.0957. The third-order valence-corrected chi connectivity index (χ3v) is 5.07. The van der Waals surface area contributed by atoms with Crippen LogP contribution in [0, 0.1) is 6.92 Å². The van der Waals surface area contributed by atoms with E-state index in [0.29, 0.717) is 5.56 Å². The van der Waals surface area contributed by atoms with Crippen molar-refractivity contribution in [3.8, 4) is 11.3 Å². The van der Waals surface area contributed by atoms with E-state index in [-0.39, 0.29) is 5.91 Å². The number of aryl methyl sites for hydroxylation is 1. The Morgan fingerprint density at radius 2 is 2.00 bits per heavy atom. The normalized spacial score (nSPS) is 11.3. The zero-order chi connectivity index (χ0) is 17.9. The summed E-state index contributed by atoms with van der Waals surface area (Å²) in [7, 11) is 0. The summed E-state index contributed by atoms with van der Waals surface area (Å²) in [6.45, 7) is 2.04. The maximum absolute atomic E-state index is 12.4. The molecular weight excluding hydrogens is 344 g/mol. The van der Waals surface area contributed by atoms with Crippen molar-refractivity contribution in [3.63, 3.8) is 0 Å². The van der Waals surface area contributed by atoms with Crippen molar-refractivity contribution in [2.75, 3.05) is 0 Å². The second-order valence-corrected chi connectivity index (χ2v) is 6.82. The molecule has 2 aromatic heterocycles. The third kappa shape index (κ3) is 3.14. The second kappa shape index (κ2) is 6.93. The van der Waals surface area contributed by atoms with Crippen molar-refractivity contribution in [1.29, 1.82) is 0 Å². The quantitative estimate of drug-likeness (QED) is 0.419. The Labute approximate surface area is 154 Å². The fourth-order valence-electron chi connectivity index (χ4n) is 2.72. The summed E-state index contributed by atoms with van der Waals surface area (Å²) in [5.74, 6) is -0.223. The number of fused-ring (bicyclic) bond motifs is 1. The number of amides is 1. The third-order valence-electron chi connectivity index (χ3n) is 4.10. The van der Waals surface area contributed by atoms with Gasteiger partial charge >= 0.3 is 0 Å². The summed E-state index contributed by atoms with van der Waals surface area (Å²) < 4.78 is 1.08. The Hall–Kier alpha value is -3.25. The number of nitrogens with one attached hydrogen (secondary N) is 2. The number of carbonyl (C=O) groups is 1. The number of aromatic amines is 1. The predicted octanol–water partition coefficient (Wildman–Crippen LogP) is 4.36. The van der Waals surface area contributed by atoms with Gasteiger partial charge in [-0.05, 0) is 13.0 Å². The molecule has 5 nitrogen and oxygen atoms in total. The lowest BCUT2D eigenvalue weighted by Gasteiger charge is -2.01. The Balaban J connectivity index is 1.52.